The first-order chi connectivity index (χ1) is 7.93. The van der Waals surface area contributed by atoms with E-state index in [2.05, 4.69) is 10.6 Å². The van der Waals surface area contributed by atoms with E-state index in [1.807, 2.05) is 32.8 Å². The molecule has 0 aliphatic carbocycles. The average molecular weight is 243 g/mol. The Morgan fingerprint density at radius 2 is 2.12 bits per heavy atom. The maximum absolute atomic E-state index is 12.0. The van der Waals surface area contributed by atoms with Gasteiger partial charge in [-0.05, 0) is 20.0 Å². The van der Waals surface area contributed by atoms with Crippen LogP contribution in [0, 0.1) is 11.8 Å². The topological polar surface area (TPSA) is 64.6 Å². The molecule has 0 aromatic rings. The summed E-state index contributed by atoms with van der Waals surface area (Å²) in [5.41, 5.74) is 0. The van der Waals surface area contributed by atoms with Gasteiger partial charge in [-0.2, -0.15) is 0 Å². The normalized spacial score (nSPS) is 26.5. The van der Waals surface area contributed by atoms with Gasteiger partial charge in [-0.3, -0.25) is 9.69 Å². The van der Waals surface area contributed by atoms with E-state index in [-0.39, 0.29) is 29.9 Å². The fourth-order valence-electron chi connectivity index (χ4n) is 2.40. The molecule has 1 saturated heterocycles. The van der Waals surface area contributed by atoms with Crippen LogP contribution in [0.3, 0.4) is 0 Å². The van der Waals surface area contributed by atoms with Crippen molar-refractivity contribution in [3.63, 3.8) is 0 Å². The molecular formula is C12H25N3O2. The number of carbonyl (C=O) groups excluding carboxylic acids is 1. The lowest BCUT2D eigenvalue weighted by molar-refractivity contribution is -0.127. The molecular weight excluding hydrogens is 218 g/mol. The summed E-state index contributed by atoms with van der Waals surface area (Å²) in [6.07, 6.45) is -0.341. The first kappa shape index (κ1) is 14.4. The van der Waals surface area contributed by atoms with Crippen LogP contribution in [0.1, 0.15) is 13.8 Å². The maximum Gasteiger partial charge on any atom is 0.237 e. The highest BCUT2D eigenvalue weighted by Gasteiger charge is 2.28. The maximum atomic E-state index is 12.0. The zero-order valence-electron chi connectivity index (χ0n) is 11.2. The molecule has 3 N–H and O–H groups in total. The molecule has 1 heterocycles. The van der Waals surface area contributed by atoms with Crippen LogP contribution in [0.25, 0.3) is 0 Å². The molecule has 0 saturated carbocycles. The Balaban J connectivity index is 2.42. The van der Waals surface area contributed by atoms with Crippen molar-refractivity contribution in [2.75, 3.05) is 33.7 Å². The van der Waals surface area contributed by atoms with Gasteiger partial charge >= 0.3 is 0 Å². The number of hydrogen-bond donors (Lipinski definition) is 3. The van der Waals surface area contributed by atoms with Crippen molar-refractivity contribution in [2.45, 2.75) is 26.0 Å². The van der Waals surface area contributed by atoms with E-state index in [1.54, 1.807) is 0 Å². The molecule has 1 amide bonds. The molecule has 3 atom stereocenters. The summed E-state index contributed by atoms with van der Waals surface area (Å²) in [5.74, 6) is 0.453. The van der Waals surface area contributed by atoms with Crippen LogP contribution in [-0.4, -0.2) is 61.8 Å². The van der Waals surface area contributed by atoms with Gasteiger partial charge in [0.1, 0.15) is 0 Å². The highest BCUT2D eigenvalue weighted by atomic mass is 16.3. The first-order valence-corrected chi connectivity index (χ1v) is 6.26. The van der Waals surface area contributed by atoms with Gasteiger partial charge in [-0.15, -0.1) is 0 Å². The number of rotatable bonds is 5. The van der Waals surface area contributed by atoms with Crippen molar-refractivity contribution in [3.8, 4) is 0 Å². The number of aliphatic hydroxyl groups excluding tert-OH is 1. The number of aliphatic hydroxyl groups is 1. The number of carbonyl (C=O) groups is 1. The SMILES string of the molecule is CC(C)[C@@H](C(=O)NCC1CNCC1O)N(C)C. The van der Waals surface area contributed by atoms with E-state index in [0.717, 1.165) is 6.54 Å². The molecule has 1 rings (SSSR count). The minimum atomic E-state index is -0.341. The molecule has 0 spiro atoms. The molecule has 5 nitrogen and oxygen atoms in total. The van der Waals surface area contributed by atoms with Crippen LogP contribution in [0.4, 0.5) is 0 Å². The third-order valence-electron chi connectivity index (χ3n) is 3.30. The predicted molar refractivity (Wildman–Crippen MR) is 67.7 cm³/mol. The lowest BCUT2D eigenvalue weighted by Crippen LogP contribution is -2.48. The van der Waals surface area contributed by atoms with Gasteiger partial charge in [-0.25, -0.2) is 0 Å². The number of β-amino-alcohol motifs (C(OH)–C–C–N with tert-alkyl or cyclic N) is 1. The van der Waals surface area contributed by atoms with Crippen LogP contribution in [-0.2, 0) is 4.79 Å². The molecule has 5 heteroatoms. The summed E-state index contributed by atoms with van der Waals surface area (Å²) in [6, 6.07) is -0.110. The molecule has 0 aromatic carbocycles. The molecule has 1 aliphatic rings. The highest BCUT2D eigenvalue weighted by molar-refractivity contribution is 5.81. The van der Waals surface area contributed by atoms with E-state index in [4.69, 9.17) is 0 Å². The van der Waals surface area contributed by atoms with Crippen LogP contribution in [0.5, 0.6) is 0 Å². The van der Waals surface area contributed by atoms with Gasteiger partial charge in [0.05, 0.1) is 12.1 Å². The van der Waals surface area contributed by atoms with Gasteiger partial charge in [-0.1, -0.05) is 13.8 Å². The summed E-state index contributed by atoms with van der Waals surface area (Å²) in [7, 11) is 3.83. The Morgan fingerprint density at radius 3 is 2.53 bits per heavy atom. The zero-order chi connectivity index (χ0) is 13.0. The molecule has 0 aromatic heterocycles. The smallest absolute Gasteiger partial charge is 0.237 e. The number of nitrogens with zero attached hydrogens (tertiary/aromatic N) is 1. The van der Waals surface area contributed by atoms with E-state index in [1.165, 1.54) is 0 Å². The van der Waals surface area contributed by atoms with Crippen molar-refractivity contribution >= 4 is 5.91 Å². The summed E-state index contributed by atoms with van der Waals surface area (Å²) >= 11 is 0. The highest BCUT2D eigenvalue weighted by Crippen LogP contribution is 2.10. The number of nitrogens with one attached hydrogen (secondary N) is 2. The Kier molecular flexibility index (Phi) is 5.36. The van der Waals surface area contributed by atoms with Crippen molar-refractivity contribution in [3.05, 3.63) is 0 Å². The second kappa shape index (κ2) is 6.33. The minimum absolute atomic E-state index is 0.0455. The molecule has 1 aliphatic heterocycles. The van der Waals surface area contributed by atoms with Crippen molar-refractivity contribution in [1.82, 2.24) is 15.5 Å². The van der Waals surface area contributed by atoms with E-state index in [9.17, 15) is 9.90 Å². The van der Waals surface area contributed by atoms with E-state index < -0.39 is 0 Å². The summed E-state index contributed by atoms with van der Waals surface area (Å²) in [5, 5.41) is 15.7. The molecule has 0 bridgehead atoms. The fourth-order valence-corrected chi connectivity index (χ4v) is 2.40. The van der Waals surface area contributed by atoms with Crippen molar-refractivity contribution in [2.24, 2.45) is 11.8 Å². The van der Waals surface area contributed by atoms with Gasteiger partial charge in [0, 0.05) is 25.6 Å². The molecule has 0 radical (unpaired) electrons. The quantitative estimate of drug-likeness (QED) is 0.596. The average Bonchev–Trinajstić information content (AvgIpc) is 2.59. The van der Waals surface area contributed by atoms with Gasteiger partial charge < -0.3 is 15.7 Å². The molecule has 17 heavy (non-hydrogen) atoms. The number of hydrogen-bond acceptors (Lipinski definition) is 4. The monoisotopic (exact) mass is 243 g/mol. The predicted octanol–water partition coefficient (Wildman–Crippen LogP) is -0.731. The largest absolute Gasteiger partial charge is 0.391 e. The standard InChI is InChI=1S/C12H25N3O2/c1-8(2)11(15(3)4)12(17)14-6-9-5-13-7-10(9)16/h8-11,13,16H,5-7H2,1-4H3,(H,14,17)/t9?,10?,11-/m0/s1. The molecule has 2 unspecified atom stereocenters. The van der Waals surface area contributed by atoms with E-state index in [0.29, 0.717) is 13.1 Å². The molecule has 1 fully saturated rings. The Morgan fingerprint density at radius 1 is 1.47 bits per heavy atom. The van der Waals surface area contributed by atoms with Crippen molar-refractivity contribution < 1.29 is 9.90 Å². The third kappa shape index (κ3) is 3.94. The van der Waals surface area contributed by atoms with Crippen molar-refractivity contribution in [1.29, 1.82) is 0 Å². The Hall–Kier alpha value is -0.650. The summed E-state index contributed by atoms with van der Waals surface area (Å²) < 4.78 is 0. The van der Waals surface area contributed by atoms with Crippen LogP contribution >= 0.6 is 0 Å². The molecule has 100 valence electrons. The van der Waals surface area contributed by atoms with Crippen LogP contribution < -0.4 is 10.6 Å². The second-order valence-electron chi connectivity index (χ2n) is 5.38. The van der Waals surface area contributed by atoms with Gasteiger partial charge in [0.2, 0.25) is 5.91 Å². The number of likely N-dealkylation sites (N-methyl/N-ethyl adjacent to an activating group) is 1. The number of amides is 1. The van der Waals surface area contributed by atoms with Crippen LogP contribution in [0.2, 0.25) is 0 Å². The van der Waals surface area contributed by atoms with Gasteiger partial charge in [0.15, 0.2) is 0 Å². The Bertz CT molecular complexity index is 248. The fraction of sp³-hybridized carbons (Fsp3) is 0.917. The lowest BCUT2D eigenvalue weighted by atomic mass is 10.0. The summed E-state index contributed by atoms with van der Waals surface area (Å²) in [6.45, 7) is 6.02. The second-order valence-corrected chi connectivity index (χ2v) is 5.38. The Labute approximate surface area is 104 Å². The van der Waals surface area contributed by atoms with E-state index >= 15 is 0 Å². The minimum Gasteiger partial charge on any atom is -0.391 e. The van der Waals surface area contributed by atoms with Crippen LogP contribution in [0.15, 0.2) is 0 Å². The third-order valence-corrected chi connectivity index (χ3v) is 3.30. The van der Waals surface area contributed by atoms with Gasteiger partial charge in [0.25, 0.3) is 0 Å². The first-order valence-electron chi connectivity index (χ1n) is 6.26. The zero-order valence-corrected chi connectivity index (χ0v) is 11.2. The lowest BCUT2D eigenvalue weighted by Gasteiger charge is -2.27. The summed E-state index contributed by atoms with van der Waals surface area (Å²) in [4.78, 5) is 14.0.